The van der Waals surface area contributed by atoms with E-state index in [1.807, 2.05) is 38.1 Å². The second-order valence-electron chi connectivity index (χ2n) is 6.46. The number of aliphatic hydroxyl groups is 2. The number of amides is 1. The van der Waals surface area contributed by atoms with E-state index in [2.05, 4.69) is 4.98 Å². The van der Waals surface area contributed by atoms with Crippen molar-refractivity contribution in [3.05, 3.63) is 62.3 Å². The minimum absolute atomic E-state index is 0.0283. The van der Waals surface area contributed by atoms with Crippen molar-refractivity contribution in [2.45, 2.75) is 33.2 Å². The zero-order chi connectivity index (χ0) is 19.7. The second kappa shape index (κ2) is 7.62. The Morgan fingerprint density at radius 1 is 1.26 bits per heavy atom. The molecule has 2 aromatic rings. The molecule has 7 heteroatoms. The molecule has 1 aromatic heterocycles. The van der Waals surface area contributed by atoms with Crippen LogP contribution in [0.5, 0.6) is 0 Å². The summed E-state index contributed by atoms with van der Waals surface area (Å²) in [5.41, 5.74) is 2.48. The van der Waals surface area contributed by atoms with Crippen molar-refractivity contribution >= 4 is 23.0 Å². The lowest BCUT2D eigenvalue weighted by Gasteiger charge is -2.26. The van der Waals surface area contributed by atoms with Gasteiger partial charge in [0.25, 0.3) is 5.91 Å². The van der Waals surface area contributed by atoms with E-state index in [1.54, 1.807) is 6.92 Å². The summed E-state index contributed by atoms with van der Waals surface area (Å²) in [6.45, 7) is 5.36. The number of aliphatic hydroxyl groups excluding tert-OH is 2. The minimum Gasteiger partial charge on any atom is -0.503 e. The van der Waals surface area contributed by atoms with Crippen LogP contribution in [0.1, 0.15) is 44.5 Å². The summed E-state index contributed by atoms with van der Waals surface area (Å²) in [4.78, 5) is 31.8. The molecule has 0 aliphatic carbocycles. The zero-order valence-electron chi connectivity index (χ0n) is 15.5. The molecule has 0 fully saturated rings. The van der Waals surface area contributed by atoms with Crippen LogP contribution < -0.4 is 0 Å². The molecule has 2 heterocycles. The first-order valence-corrected chi connectivity index (χ1v) is 9.63. The van der Waals surface area contributed by atoms with E-state index >= 15 is 0 Å². The highest BCUT2D eigenvalue weighted by Crippen LogP contribution is 2.39. The van der Waals surface area contributed by atoms with Crippen molar-refractivity contribution in [1.82, 2.24) is 9.88 Å². The van der Waals surface area contributed by atoms with Crippen LogP contribution in [0.3, 0.4) is 0 Å². The third kappa shape index (κ3) is 3.40. The molecule has 27 heavy (non-hydrogen) atoms. The normalized spacial score (nSPS) is 17.1. The summed E-state index contributed by atoms with van der Waals surface area (Å²) in [7, 11) is 0. The van der Waals surface area contributed by atoms with Gasteiger partial charge in [0.1, 0.15) is 0 Å². The molecule has 0 spiro atoms. The highest BCUT2D eigenvalue weighted by Gasteiger charge is 2.44. The van der Waals surface area contributed by atoms with Crippen LogP contribution in [0.4, 0.5) is 0 Å². The van der Waals surface area contributed by atoms with Crippen molar-refractivity contribution in [2.75, 3.05) is 13.2 Å². The van der Waals surface area contributed by atoms with Crippen LogP contribution >= 0.6 is 11.3 Å². The Balaban J connectivity index is 2.10. The Labute approximate surface area is 161 Å². The number of benzene rings is 1. The second-order valence-corrected chi connectivity index (χ2v) is 7.66. The van der Waals surface area contributed by atoms with E-state index in [1.165, 1.54) is 16.2 Å². The van der Waals surface area contributed by atoms with Gasteiger partial charge in [0.15, 0.2) is 5.76 Å². The van der Waals surface area contributed by atoms with Gasteiger partial charge in [-0.05, 0) is 31.4 Å². The van der Waals surface area contributed by atoms with Crippen molar-refractivity contribution in [3.63, 3.8) is 0 Å². The van der Waals surface area contributed by atoms with E-state index < -0.39 is 23.5 Å². The van der Waals surface area contributed by atoms with E-state index in [0.717, 1.165) is 22.6 Å². The molecule has 1 aliphatic rings. The van der Waals surface area contributed by atoms with E-state index in [-0.39, 0.29) is 18.7 Å². The van der Waals surface area contributed by atoms with Gasteiger partial charge in [-0.15, -0.1) is 11.3 Å². The number of carbonyl (C=O) groups excluding carboxylic acids is 2. The van der Waals surface area contributed by atoms with Crippen molar-refractivity contribution < 1.29 is 19.8 Å². The third-order valence-electron chi connectivity index (χ3n) is 4.70. The lowest BCUT2D eigenvalue weighted by Crippen LogP contribution is -2.33. The van der Waals surface area contributed by atoms with Crippen LogP contribution in [-0.4, -0.2) is 44.9 Å². The first kappa shape index (κ1) is 19.3. The maximum atomic E-state index is 13.2. The topological polar surface area (TPSA) is 90.7 Å². The lowest BCUT2D eigenvalue weighted by atomic mass is 9.94. The Kier molecular flexibility index (Phi) is 5.43. The number of hydrogen-bond donors (Lipinski definition) is 2. The monoisotopic (exact) mass is 386 g/mol. The van der Waals surface area contributed by atoms with Crippen molar-refractivity contribution in [2.24, 2.45) is 0 Å². The minimum atomic E-state index is -0.732. The molecule has 3 rings (SSSR count). The molecule has 1 amide bonds. The quantitative estimate of drug-likeness (QED) is 0.745. The molecule has 6 nitrogen and oxygen atoms in total. The summed E-state index contributed by atoms with van der Waals surface area (Å²) < 4.78 is 0. The predicted molar refractivity (Wildman–Crippen MR) is 103 cm³/mol. The van der Waals surface area contributed by atoms with Gasteiger partial charge in [-0.3, -0.25) is 9.59 Å². The lowest BCUT2D eigenvalue weighted by molar-refractivity contribution is -0.129. The molecule has 1 aliphatic heterocycles. The Bertz CT molecular complexity index is 915. The van der Waals surface area contributed by atoms with Gasteiger partial charge >= 0.3 is 0 Å². The fraction of sp³-hybridized carbons (Fsp3) is 0.350. The van der Waals surface area contributed by atoms with Crippen LogP contribution in [0, 0.1) is 13.8 Å². The van der Waals surface area contributed by atoms with Gasteiger partial charge in [0, 0.05) is 6.54 Å². The Morgan fingerprint density at radius 3 is 2.44 bits per heavy atom. The molecule has 1 aromatic carbocycles. The fourth-order valence-electron chi connectivity index (χ4n) is 3.37. The van der Waals surface area contributed by atoms with Gasteiger partial charge in [0.05, 0.1) is 33.8 Å². The molecule has 1 atom stereocenters. The molecule has 0 radical (unpaired) electrons. The summed E-state index contributed by atoms with van der Waals surface area (Å²) in [5.74, 6) is -1.59. The predicted octanol–water partition coefficient (Wildman–Crippen LogP) is 2.89. The number of rotatable bonds is 6. The number of hydrogen-bond acceptors (Lipinski definition) is 6. The SMILES string of the molecule is CCc1ccc(C2C(C(=O)c3sc(C)nc3C)=C(O)C(=O)N2CCO)cc1. The summed E-state index contributed by atoms with van der Waals surface area (Å²) >= 11 is 1.25. The number of aromatic nitrogens is 1. The summed E-state index contributed by atoms with van der Waals surface area (Å²) in [6.07, 6.45) is 0.871. The number of ketones is 1. The number of aryl methyl sites for hydroxylation is 3. The first-order chi connectivity index (χ1) is 12.9. The van der Waals surface area contributed by atoms with Gasteiger partial charge < -0.3 is 15.1 Å². The number of nitrogens with zero attached hydrogens (tertiary/aromatic N) is 2. The highest BCUT2D eigenvalue weighted by molar-refractivity contribution is 7.14. The Hall–Kier alpha value is -2.51. The van der Waals surface area contributed by atoms with Gasteiger partial charge in [-0.25, -0.2) is 4.98 Å². The molecule has 1 unspecified atom stereocenters. The first-order valence-electron chi connectivity index (χ1n) is 8.81. The standard InChI is InChI=1S/C20H22N2O4S/c1-4-13-5-7-14(8-6-13)16-15(18(25)20(26)22(16)9-10-23)17(24)19-11(2)21-12(3)27-19/h5-8,16,23,25H,4,9-10H2,1-3H3. The van der Waals surface area contributed by atoms with Crippen LogP contribution in [-0.2, 0) is 11.2 Å². The van der Waals surface area contributed by atoms with E-state index in [0.29, 0.717) is 10.6 Å². The Morgan fingerprint density at radius 2 is 1.93 bits per heavy atom. The van der Waals surface area contributed by atoms with E-state index in [9.17, 15) is 19.8 Å². The average Bonchev–Trinajstić information content (AvgIpc) is 3.12. The van der Waals surface area contributed by atoms with Crippen LogP contribution in [0.25, 0.3) is 0 Å². The largest absolute Gasteiger partial charge is 0.503 e. The van der Waals surface area contributed by atoms with Crippen LogP contribution in [0.2, 0.25) is 0 Å². The molecule has 0 saturated heterocycles. The highest BCUT2D eigenvalue weighted by atomic mass is 32.1. The maximum Gasteiger partial charge on any atom is 0.290 e. The van der Waals surface area contributed by atoms with Crippen LogP contribution in [0.15, 0.2) is 35.6 Å². The molecular formula is C20H22N2O4S. The summed E-state index contributed by atoms with van der Waals surface area (Å²) in [6, 6.07) is 6.87. The summed E-state index contributed by atoms with van der Waals surface area (Å²) in [5, 5.41) is 20.6. The van der Waals surface area contributed by atoms with Gasteiger partial charge in [-0.1, -0.05) is 31.2 Å². The zero-order valence-corrected chi connectivity index (χ0v) is 16.3. The smallest absolute Gasteiger partial charge is 0.290 e. The van der Waals surface area contributed by atoms with Gasteiger partial charge in [-0.2, -0.15) is 0 Å². The molecular weight excluding hydrogens is 364 g/mol. The van der Waals surface area contributed by atoms with Gasteiger partial charge in [0.2, 0.25) is 5.78 Å². The number of carbonyl (C=O) groups is 2. The van der Waals surface area contributed by atoms with Crippen molar-refractivity contribution in [1.29, 1.82) is 0 Å². The number of thiazole rings is 1. The molecule has 142 valence electrons. The number of Topliss-reactive ketones (excluding diaryl/α,β-unsaturated/α-hetero) is 1. The van der Waals surface area contributed by atoms with Crippen molar-refractivity contribution in [3.8, 4) is 0 Å². The molecule has 2 N–H and O–H groups in total. The third-order valence-corrected chi connectivity index (χ3v) is 5.77. The maximum absolute atomic E-state index is 13.2. The molecule has 0 bridgehead atoms. The average molecular weight is 386 g/mol. The van der Waals surface area contributed by atoms with E-state index in [4.69, 9.17) is 0 Å². The number of β-amino-alcohol motifs (C(OH)–C–C–N with tert-alkyl or cyclic N) is 1. The fourth-order valence-corrected chi connectivity index (χ4v) is 4.24. The molecule has 0 saturated carbocycles.